The van der Waals surface area contributed by atoms with Gasteiger partial charge in [-0.3, -0.25) is 14.4 Å². The molecule has 1 aliphatic heterocycles. The molecule has 2 aromatic heterocycles. The van der Waals surface area contributed by atoms with Gasteiger partial charge in [-0.25, -0.2) is 0 Å². The van der Waals surface area contributed by atoms with Crippen molar-refractivity contribution in [3.05, 3.63) is 33.4 Å². The molecule has 0 N–H and O–H groups in total. The minimum Gasteiger partial charge on any atom is -0.459 e. The maximum atomic E-state index is 13.0. The highest BCUT2D eigenvalue weighted by Gasteiger charge is 2.36. The van der Waals surface area contributed by atoms with Crippen LogP contribution in [-0.2, 0) is 34.0 Å². The van der Waals surface area contributed by atoms with Crippen LogP contribution in [-0.4, -0.2) is 49.7 Å². The van der Waals surface area contributed by atoms with E-state index in [0.717, 1.165) is 0 Å². The van der Waals surface area contributed by atoms with E-state index >= 15 is 0 Å². The summed E-state index contributed by atoms with van der Waals surface area (Å²) in [6.45, 7) is 9.30. The molecule has 9 heteroatoms. The lowest BCUT2D eigenvalue weighted by molar-refractivity contribution is -0.155. The summed E-state index contributed by atoms with van der Waals surface area (Å²) in [5.41, 5.74) is 0.437. The standard InChI is InChI=1S/C19H26N4O5/c1-11(2)21-8-13-16(18(21)26)22(9-15(24)28-19(3,4)5)14-7-12(10-27-6)20-23(14)17(13)25/h7,11H,8-10H2,1-6H3. The molecule has 1 amide bonds. The maximum Gasteiger partial charge on any atom is 0.326 e. The Hall–Kier alpha value is -2.68. The summed E-state index contributed by atoms with van der Waals surface area (Å²) in [6, 6.07) is 1.58. The van der Waals surface area contributed by atoms with Gasteiger partial charge in [0.05, 0.1) is 24.4 Å². The number of aromatic nitrogens is 3. The van der Waals surface area contributed by atoms with Crippen molar-refractivity contribution in [2.24, 2.45) is 0 Å². The Morgan fingerprint density at radius 2 is 1.96 bits per heavy atom. The number of hydrogen-bond donors (Lipinski definition) is 0. The Labute approximate surface area is 162 Å². The third kappa shape index (κ3) is 3.54. The van der Waals surface area contributed by atoms with E-state index in [2.05, 4.69) is 5.10 Å². The van der Waals surface area contributed by atoms with Gasteiger partial charge in [0.2, 0.25) is 0 Å². The fraction of sp³-hybridized carbons (Fsp3) is 0.579. The molecule has 0 unspecified atom stereocenters. The van der Waals surface area contributed by atoms with E-state index in [4.69, 9.17) is 9.47 Å². The molecule has 152 valence electrons. The van der Waals surface area contributed by atoms with Gasteiger partial charge in [0.15, 0.2) is 0 Å². The minimum atomic E-state index is -0.662. The summed E-state index contributed by atoms with van der Waals surface area (Å²) in [6.07, 6.45) is 0. The molecule has 1 aliphatic rings. The van der Waals surface area contributed by atoms with Crippen LogP contribution >= 0.6 is 0 Å². The van der Waals surface area contributed by atoms with Crippen LogP contribution in [0.15, 0.2) is 10.9 Å². The van der Waals surface area contributed by atoms with E-state index in [0.29, 0.717) is 16.9 Å². The molecule has 2 aromatic rings. The predicted molar refractivity (Wildman–Crippen MR) is 101 cm³/mol. The number of fused-ring (bicyclic) bond motifs is 2. The number of methoxy groups -OCH3 is 1. The van der Waals surface area contributed by atoms with Crippen molar-refractivity contribution in [1.82, 2.24) is 19.1 Å². The van der Waals surface area contributed by atoms with Gasteiger partial charge in [0.25, 0.3) is 11.5 Å². The molecule has 28 heavy (non-hydrogen) atoms. The SMILES string of the molecule is COCc1cc2n(CC(=O)OC(C)(C)C)c3c(c(=O)n2n1)CN(C(C)C)C3=O. The highest BCUT2D eigenvalue weighted by atomic mass is 16.6. The number of ether oxygens (including phenoxy) is 2. The van der Waals surface area contributed by atoms with Crippen LogP contribution in [0.2, 0.25) is 0 Å². The maximum absolute atomic E-state index is 13.0. The number of carbonyl (C=O) groups is 2. The third-order valence-electron chi connectivity index (χ3n) is 4.44. The summed E-state index contributed by atoms with van der Waals surface area (Å²) in [7, 11) is 1.53. The normalized spacial score (nSPS) is 14.2. The first kappa shape index (κ1) is 20.1. The smallest absolute Gasteiger partial charge is 0.326 e. The molecule has 0 saturated heterocycles. The molecular weight excluding hydrogens is 364 g/mol. The lowest BCUT2D eigenvalue weighted by Gasteiger charge is -2.21. The van der Waals surface area contributed by atoms with Gasteiger partial charge in [0, 0.05) is 19.2 Å². The molecule has 0 bridgehead atoms. The molecule has 0 aromatic carbocycles. The van der Waals surface area contributed by atoms with Crippen LogP contribution in [0.1, 0.15) is 56.4 Å². The number of rotatable bonds is 5. The van der Waals surface area contributed by atoms with Crippen LogP contribution < -0.4 is 5.56 Å². The van der Waals surface area contributed by atoms with Crippen LogP contribution in [0.3, 0.4) is 0 Å². The van der Waals surface area contributed by atoms with Crippen molar-refractivity contribution >= 4 is 17.5 Å². The summed E-state index contributed by atoms with van der Waals surface area (Å²) in [5.74, 6) is -0.770. The molecule has 3 heterocycles. The van der Waals surface area contributed by atoms with E-state index in [1.165, 1.54) is 16.2 Å². The average Bonchev–Trinajstić information content (AvgIpc) is 3.12. The lowest BCUT2D eigenvalue weighted by atomic mass is 10.2. The van der Waals surface area contributed by atoms with E-state index in [-0.39, 0.29) is 42.9 Å². The van der Waals surface area contributed by atoms with Crippen molar-refractivity contribution in [1.29, 1.82) is 0 Å². The second-order valence-electron chi connectivity index (χ2n) is 8.17. The molecule has 0 saturated carbocycles. The highest BCUT2D eigenvalue weighted by molar-refractivity contribution is 5.97. The summed E-state index contributed by atoms with van der Waals surface area (Å²) in [5, 5.41) is 4.29. The second-order valence-corrected chi connectivity index (χ2v) is 8.17. The first-order valence-corrected chi connectivity index (χ1v) is 9.19. The zero-order valence-corrected chi connectivity index (χ0v) is 17.1. The Balaban J connectivity index is 2.19. The minimum absolute atomic E-state index is 0.0781. The Morgan fingerprint density at radius 3 is 2.54 bits per heavy atom. The number of nitrogens with zero attached hydrogens (tertiary/aromatic N) is 4. The summed E-state index contributed by atoms with van der Waals surface area (Å²) in [4.78, 5) is 40.1. The van der Waals surface area contributed by atoms with Crippen molar-refractivity contribution in [2.75, 3.05) is 7.11 Å². The summed E-state index contributed by atoms with van der Waals surface area (Å²) >= 11 is 0. The van der Waals surface area contributed by atoms with Gasteiger partial charge in [-0.2, -0.15) is 9.61 Å². The van der Waals surface area contributed by atoms with Gasteiger partial charge in [-0.05, 0) is 34.6 Å². The van der Waals surface area contributed by atoms with Crippen molar-refractivity contribution in [2.45, 2.75) is 66.0 Å². The molecule has 0 fully saturated rings. The Bertz CT molecular complexity index is 996. The van der Waals surface area contributed by atoms with Gasteiger partial charge in [0.1, 0.15) is 23.5 Å². The van der Waals surface area contributed by atoms with Crippen LogP contribution in [0.25, 0.3) is 5.65 Å². The van der Waals surface area contributed by atoms with Crippen LogP contribution in [0.4, 0.5) is 0 Å². The zero-order valence-electron chi connectivity index (χ0n) is 17.1. The number of hydrogen-bond acceptors (Lipinski definition) is 6. The van der Waals surface area contributed by atoms with Gasteiger partial charge < -0.3 is 18.9 Å². The highest BCUT2D eigenvalue weighted by Crippen LogP contribution is 2.24. The average molecular weight is 390 g/mol. The lowest BCUT2D eigenvalue weighted by Crippen LogP contribution is -2.33. The number of carbonyl (C=O) groups excluding carboxylic acids is 2. The molecule has 0 atom stereocenters. The topological polar surface area (TPSA) is 95.1 Å². The van der Waals surface area contributed by atoms with Crippen molar-refractivity contribution in [3.63, 3.8) is 0 Å². The predicted octanol–water partition coefficient (Wildman–Crippen LogP) is 1.35. The monoisotopic (exact) mass is 390 g/mol. The molecule has 0 aliphatic carbocycles. The number of esters is 1. The van der Waals surface area contributed by atoms with Gasteiger partial charge in [-0.1, -0.05) is 0 Å². The van der Waals surface area contributed by atoms with E-state index in [1.807, 2.05) is 13.8 Å². The van der Waals surface area contributed by atoms with Gasteiger partial charge >= 0.3 is 5.97 Å². The molecule has 0 spiro atoms. The summed E-state index contributed by atoms with van der Waals surface area (Å²) < 4.78 is 13.3. The largest absolute Gasteiger partial charge is 0.459 e. The Kier molecular flexibility index (Phi) is 5.05. The fourth-order valence-electron chi connectivity index (χ4n) is 3.33. The second kappa shape index (κ2) is 7.05. The zero-order chi connectivity index (χ0) is 20.8. The van der Waals surface area contributed by atoms with Gasteiger partial charge in [-0.15, -0.1) is 0 Å². The van der Waals surface area contributed by atoms with E-state index in [1.54, 1.807) is 31.7 Å². The van der Waals surface area contributed by atoms with Crippen LogP contribution in [0, 0.1) is 0 Å². The molecule has 3 rings (SSSR count). The van der Waals surface area contributed by atoms with Crippen molar-refractivity contribution < 1.29 is 19.1 Å². The first-order valence-electron chi connectivity index (χ1n) is 9.19. The molecule has 0 radical (unpaired) electrons. The van der Waals surface area contributed by atoms with E-state index in [9.17, 15) is 14.4 Å². The fourth-order valence-corrected chi connectivity index (χ4v) is 3.33. The van der Waals surface area contributed by atoms with E-state index < -0.39 is 11.6 Å². The van der Waals surface area contributed by atoms with Crippen molar-refractivity contribution in [3.8, 4) is 0 Å². The molecule has 9 nitrogen and oxygen atoms in total. The Morgan fingerprint density at radius 1 is 1.29 bits per heavy atom. The number of amides is 1. The quantitative estimate of drug-likeness (QED) is 0.715. The van der Waals surface area contributed by atoms with Crippen LogP contribution in [0.5, 0.6) is 0 Å². The first-order chi connectivity index (χ1) is 13.0. The third-order valence-corrected chi connectivity index (χ3v) is 4.44. The molecular formula is C19H26N4O5.